The van der Waals surface area contributed by atoms with Gasteiger partial charge in [-0.15, -0.1) is 0 Å². The van der Waals surface area contributed by atoms with E-state index in [2.05, 4.69) is 131 Å². The zero-order valence-electron chi connectivity index (χ0n) is 31.1. The van der Waals surface area contributed by atoms with Gasteiger partial charge < -0.3 is 9.97 Å². The molecule has 0 saturated heterocycles. The predicted octanol–water partition coefficient (Wildman–Crippen LogP) is 11.7. The van der Waals surface area contributed by atoms with Crippen LogP contribution < -0.4 is 0 Å². The number of hydrogen-bond acceptors (Lipinski definition) is 2. The van der Waals surface area contributed by atoms with Gasteiger partial charge in [-0.1, -0.05) is 97.1 Å². The van der Waals surface area contributed by atoms with Crippen molar-refractivity contribution in [1.82, 2.24) is 19.9 Å². The van der Waals surface area contributed by atoms with Crippen molar-refractivity contribution in [3.8, 4) is 22.3 Å². The molecule has 0 amide bonds. The van der Waals surface area contributed by atoms with Crippen LogP contribution in [-0.2, 0) is 38.5 Å². The van der Waals surface area contributed by atoms with Crippen molar-refractivity contribution < 1.29 is 0 Å². The lowest BCUT2D eigenvalue weighted by Crippen LogP contribution is -2.03. The predicted molar refractivity (Wildman–Crippen MR) is 228 cm³/mol. The van der Waals surface area contributed by atoms with Crippen LogP contribution >= 0.6 is 0 Å². The minimum atomic E-state index is 0.962. The minimum absolute atomic E-state index is 0.962. The van der Waals surface area contributed by atoms with Crippen LogP contribution in [0.15, 0.2) is 121 Å². The Kier molecular flexibility index (Phi) is 6.32. The number of aryl methyl sites for hydroxylation is 6. The third-order valence-corrected chi connectivity index (χ3v) is 13.4. The number of fused-ring (bicyclic) bond motifs is 26. The molecular formula is C52H38N4. The van der Waals surface area contributed by atoms with E-state index in [0.717, 1.165) is 85.2 Å². The second-order valence-electron chi connectivity index (χ2n) is 16.3. The second kappa shape index (κ2) is 11.5. The molecule has 0 unspecified atom stereocenters. The van der Waals surface area contributed by atoms with E-state index in [0.29, 0.717) is 0 Å². The highest BCUT2D eigenvalue weighted by molar-refractivity contribution is 6.06. The Morgan fingerprint density at radius 1 is 0.339 bits per heavy atom. The van der Waals surface area contributed by atoms with Gasteiger partial charge in [0.25, 0.3) is 0 Å². The standard InChI is InChI=1S/C52H38N4/c1-5-13-33-29(9-1)17-21-37-41-26-46-51-35-15-7-3-11-31(35)19-23-39(51)43(55-46)28-48-52-36-16-8-4-12-32(36)20-24-40(52)44(56-48)27-47-50-34-14-6-2-10-30(34)18-22-38(50)42(54-47)25-45(53-41)49(33)37/h1-16,25-28,53-54H,17-24H2. The monoisotopic (exact) mass is 718 g/mol. The molecule has 7 aromatic rings. The summed E-state index contributed by atoms with van der Waals surface area (Å²) in [6, 6.07) is 45.4. The third-order valence-electron chi connectivity index (χ3n) is 13.4. The molecule has 2 N–H and O–H groups in total. The highest BCUT2D eigenvalue weighted by Gasteiger charge is 2.32. The van der Waals surface area contributed by atoms with Crippen molar-refractivity contribution in [2.75, 3.05) is 0 Å². The average molecular weight is 719 g/mol. The van der Waals surface area contributed by atoms with Crippen LogP contribution in [0.5, 0.6) is 0 Å². The maximum Gasteiger partial charge on any atom is 0.0740 e. The van der Waals surface area contributed by atoms with E-state index in [1.54, 1.807) is 0 Å². The summed E-state index contributed by atoms with van der Waals surface area (Å²) in [5.74, 6) is 0. The number of nitrogens with zero attached hydrogens (tertiary/aromatic N) is 2. The van der Waals surface area contributed by atoms with Crippen LogP contribution in [0.2, 0.25) is 0 Å². The quantitative estimate of drug-likeness (QED) is 0.164. The fourth-order valence-electron chi connectivity index (χ4n) is 10.9. The Balaban J connectivity index is 1.20. The molecule has 4 aliphatic carbocycles. The zero-order valence-corrected chi connectivity index (χ0v) is 31.1. The van der Waals surface area contributed by atoms with Crippen LogP contribution in [0.1, 0.15) is 80.1 Å². The number of aromatic amines is 2. The third kappa shape index (κ3) is 4.35. The Morgan fingerprint density at radius 3 is 1.29 bits per heavy atom. The molecule has 4 heteroatoms. The van der Waals surface area contributed by atoms with Gasteiger partial charge in [-0.25, -0.2) is 9.97 Å². The van der Waals surface area contributed by atoms with E-state index in [1.165, 1.54) is 100 Å². The topological polar surface area (TPSA) is 57.4 Å². The van der Waals surface area contributed by atoms with Crippen LogP contribution in [-0.4, -0.2) is 19.9 Å². The Hall–Kier alpha value is -6.52. The van der Waals surface area contributed by atoms with Crippen LogP contribution in [0.3, 0.4) is 0 Å². The van der Waals surface area contributed by atoms with E-state index in [1.807, 2.05) is 0 Å². The molecule has 0 atom stereocenters. The fourth-order valence-corrected chi connectivity index (χ4v) is 10.9. The normalized spacial score (nSPS) is 15.9. The first kappa shape index (κ1) is 30.8. The average Bonchev–Trinajstić information content (AvgIpc) is 3.99. The number of aromatic nitrogens is 4. The highest BCUT2D eigenvalue weighted by Crippen LogP contribution is 2.48. The van der Waals surface area contributed by atoms with E-state index in [4.69, 9.17) is 9.97 Å². The largest absolute Gasteiger partial charge is 0.355 e. The summed E-state index contributed by atoms with van der Waals surface area (Å²) >= 11 is 0. The lowest BCUT2D eigenvalue weighted by molar-refractivity contribution is 0.954. The molecule has 0 radical (unpaired) electrons. The van der Waals surface area contributed by atoms with E-state index >= 15 is 0 Å². The number of nitrogens with one attached hydrogen (secondary N) is 2. The van der Waals surface area contributed by atoms with Crippen molar-refractivity contribution in [3.05, 3.63) is 189 Å². The molecule has 0 fully saturated rings. The summed E-state index contributed by atoms with van der Waals surface area (Å²) in [5, 5.41) is 0. The molecule has 6 aliphatic rings. The first-order chi connectivity index (χ1) is 27.7. The van der Waals surface area contributed by atoms with Gasteiger partial charge in [0.1, 0.15) is 0 Å². The molecule has 8 bridgehead atoms. The maximum atomic E-state index is 5.59. The number of benzene rings is 4. The summed E-state index contributed by atoms with van der Waals surface area (Å²) < 4.78 is 0. The van der Waals surface area contributed by atoms with Gasteiger partial charge in [0.15, 0.2) is 0 Å². The first-order valence-corrected chi connectivity index (χ1v) is 20.3. The number of hydrogen-bond donors (Lipinski definition) is 2. The molecule has 2 aliphatic heterocycles. The zero-order chi connectivity index (χ0) is 36.5. The van der Waals surface area contributed by atoms with Gasteiger partial charge in [0, 0.05) is 44.3 Å². The number of allylic oxidation sites excluding steroid dienone is 2. The second-order valence-corrected chi connectivity index (χ2v) is 16.3. The molecule has 0 saturated carbocycles. The molecule has 4 aromatic carbocycles. The summed E-state index contributed by atoms with van der Waals surface area (Å²) in [6.07, 6.45) is 7.99. The summed E-state index contributed by atoms with van der Waals surface area (Å²) in [7, 11) is 0. The molecule has 0 spiro atoms. The van der Waals surface area contributed by atoms with E-state index in [-0.39, 0.29) is 0 Å². The Bertz CT molecular complexity index is 3150. The summed E-state index contributed by atoms with van der Waals surface area (Å²) in [6.45, 7) is 0. The van der Waals surface area contributed by atoms with Crippen molar-refractivity contribution in [2.24, 2.45) is 0 Å². The lowest BCUT2D eigenvalue weighted by atomic mass is 9.83. The minimum Gasteiger partial charge on any atom is -0.355 e. The van der Waals surface area contributed by atoms with Gasteiger partial charge in [-0.2, -0.15) is 0 Å². The number of rotatable bonds is 0. The highest BCUT2D eigenvalue weighted by atomic mass is 14.8. The Labute approximate surface area is 325 Å². The van der Waals surface area contributed by atoms with E-state index < -0.39 is 0 Å². The molecular weight excluding hydrogens is 681 g/mol. The molecule has 13 rings (SSSR count). The van der Waals surface area contributed by atoms with Gasteiger partial charge in [-0.05, 0) is 142 Å². The maximum absolute atomic E-state index is 5.59. The summed E-state index contributed by atoms with van der Waals surface area (Å²) in [5.41, 5.74) is 30.4. The molecule has 56 heavy (non-hydrogen) atoms. The van der Waals surface area contributed by atoms with Crippen molar-refractivity contribution in [3.63, 3.8) is 0 Å². The van der Waals surface area contributed by atoms with Crippen molar-refractivity contribution in [2.45, 2.75) is 51.4 Å². The van der Waals surface area contributed by atoms with Crippen LogP contribution in [0.4, 0.5) is 0 Å². The number of H-pyrrole nitrogens is 2. The Morgan fingerprint density at radius 2 is 0.732 bits per heavy atom. The van der Waals surface area contributed by atoms with E-state index in [9.17, 15) is 0 Å². The van der Waals surface area contributed by atoms with Crippen LogP contribution in [0, 0.1) is 0 Å². The van der Waals surface area contributed by atoms with Gasteiger partial charge in [0.2, 0.25) is 0 Å². The fraction of sp³-hybridized carbons (Fsp3) is 0.154. The van der Waals surface area contributed by atoms with Crippen molar-refractivity contribution in [1.29, 1.82) is 0 Å². The van der Waals surface area contributed by atoms with Crippen LogP contribution in [0.25, 0.3) is 66.6 Å². The summed E-state index contributed by atoms with van der Waals surface area (Å²) in [4.78, 5) is 19.2. The van der Waals surface area contributed by atoms with Crippen molar-refractivity contribution >= 4 is 44.4 Å². The molecule has 266 valence electrons. The molecule has 3 aromatic heterocycles. The lowest BCUT2D eigenvalue weighted by Gasteiger charge is -2.20. The van der Waals surface area contributed by atoms with Gasteiger partial charge >= 0.3 is 0 Å². The van der Waals surface area contributed by atoms with Gasteiger partial charge in [-0.3, -0.25) is 0 Å². The SMILES string of the molecule is c1ccc2c(c1)CCC1=C2c2cc3nc(cc4[nH]c(cc5[nH]c(cc1n2)c1c5CCc2ccccc2-1)c1c4CCc2ccccc2-1)C1=C3CCc2ccccc21. The molecule has 4 nitrogen and oxygen atoms in total. The first-order valence-electron chi connectivity index (χ1n) is 20.3. The van der Waals surface area contributed by atoms with Gasteiger partial charge in [0.05, 0.1) is 22.8 Å². The smallest absolute Gasteiger partial charge is 0.0740 e. The molecule has 5 heterocycles.